The first-order valence-electron chi connectivity index (χ1n) is 4.19. The molecule has 66 valence electrons. The van der Waals surface area contributed by atoms with E-state index >= 15 is 0 Å². The Bertz CT molecular complexity index is 213. The van der Waals surface area contributed by atoms with Crippen LogP contribution < -0.4 is 0 Å². The minimum atomic E-state index is -0.850. The molecule has 0 aromatic carbocycles. The van der Waals surface area contributed by atoms with Gasteiger partial charge < -0.3 is 0 Å². The van der Waals surface area contributed by atoms with Gasteiger partial charge in [0.25, 0.3) is 0 Å². The van der Waals surface area contributed by atoms with Gasteiger partial charge in [0.1, 0.15) is 0 Å². The van der Waals surface area contributed by atoms with Crippen LogP contribution in [0.5, 0.6) is 0 Å². The molecule has 0 aromatic rings. The largest absolute Gasteiger partial charge is 0.236 e. The monoisotopic (exact) mass is 166 g/mol. The van der Waals surface area contributed by atoms with Gasteiger partial charge in [0.05, 0.1) is 6.07 Å². The molecule has 0 rings (SSSR count). The lowest BCUT2D eigenvalue weighted by molar-refractivity contribution is 0.496. The summed E-state index contributed by atoms with van der Waals surface area (Å²) in [4.78, 5) is 13.4. The van der Waals surface area contributed by atoms with Gasteiger partial charge in [-0.25, -0.2) is 4.79 Å². The molecular formula is C9H14N2O. The first-order valence-corrected chi connectivity index (χ1v) is 4.19. The van der Waals surface area contributed by atoms with Gasteiger partial charge in [-0.1, -0.05) is 19.8 Å². The average molecular weight is 166 g/mol. The van der Waals surface area contributed by atoms with Crippen LogP contribution in [0, 0.1) is 11.3 Å². The molecule has 0 heterocycles. The Labute approximate surface area is 73.1 Å². The molecule has 0 bridgehead atoms. The number of hydrogen-bond acceptors (Lipinski definition) is 3. The molecule has 0 aliphatic heterocycles. The zero-order valence-corrected chi connectivity index (χ0v) is 7.63. The summed E-state index contributed by atoms with van der Waals surface area (Å²) in [6.07, 6.45) is 5.20. The highest BCUT2D eigenvalue weighted by Gasteiger charge is 2.21. The standard InChI is InChI=1S/C9H14N2O/c1-3-4-5-6-9(2,7-10)11-8-12/h3-6H2,1-2H3. The molecule has 0 saturated carbocycles. The Balaban J connectivity index is 3.99. The zero-order valence-electron chi connectivity index (χ0n) is 7.63. The van der Waals surface area contributed by atoms with Gasteiger partial charge in [-0.3, -0.25) is 0 Å². The molecular weight excluding hydrogens is 152 g/mol. The third-order valence-corrected chi connectivity index (χ3v) is 1.80. The van der Waals surface area contributed by atoms with Gasteiger partial charge in [-0.2, -0.15) is 10.3 Å². The van der Waals surface area contributed by atoms with Crippen molar-refractivity contribution in [3.8, 4) is 6.07 Å². The van der Waals surface area contributed by atoms with Gasteiger partial charge in [-0.05, 0) is 19.8 Å². The van der Waals surface area contributed by atoms with Crippen molar-refractivity contribution in [2.45, 2.75) is 45.1 Å². The van der Waals surface area contributed by atoms with E-state index in [4.69, 9.17) is 5.26 Å². The van der Waals surface area contributed by atoms with Crippen LogP contribution in [0.25, 0.3) is 0 Å². The van der Waals surface area contributed by atoms with Crippen molar-refractivity contribution in [2.75, 3.05) is 0 Å². The maximum atomic E-state index is 9.97. The topological polar surface area (TPSA) is 53.2 Å². The highest BCUT2D eigenvalue weighted by Crippen LogP contribution is 2.17. The molecule has 3 heteroatoms. The second kappa shape index (κ2) is 5.51. The van der Waals surface area contributed by atoms with Gasteiger partial charge in [0, 0.05) is 0 Å². The smallest absolute Gasteiger partial charge is 0.211 e. The van der Waals surface area contributed by atoms with Crippen LogP contribution in [0.2, 0.25) is 0 Å². The third-order valence-electron chi connectivity index (χ3n) is 1.80. The second-order valence-electron chi connectivity index (χ2n) is 3.05. The third kappa shape index (κ3) is 3.90. The minimum Gasteiger partial charge on any atom is -0.211 e. The van der Waals surface area contributed by atoms with Crippen molar-refractivity contribution in [1.82, 2.24) is 0 Å². The Morgan fingerprint density at radius 2 is 2.17 bits per heavy atom. The van der Waals surface area contributed by atoms with E-state index in [2.05, 4.69) is 11.9 Å². The molecule has 0 aromatic heterocycles. The normalized spacial score (nSPS) is 14.1. The SMILES string of the molecule is CCCCCC(C)(C#N)N=C=O. The molecule has 0 saturated heterocycles. The first kappa shape index (κ1) is 10.9. The van der Waals surface area contributed by atoms with Crippen molar-refractivity contribution in [3.63, 3.8) is 0 Å². The molecule has 1 unspecified atom stereocenters. The van der Waals surface area contributed by atoms with Gasteiger partial charge in [0.15, 0.2) is 5.54 Å². The van der Waals surface area contributed by atoms with Crippen LogP contribution in [-0.4, -0.2) is 11.6 Å². The van der Waals surface area contributed by atoms with E-state index in [1.807, 2.05) is 6.07 Å². The lowest BCUT2D eigenvalue weighted by Crippen LogP contribution is -2.18. The van der Waals surface area contributed by atoms with E-state index in [1.165, 1.54) is 6.08 Å². The molecule has 0 aliphatic carbocycles. The molecule has 0 N–H and O–H groups in total. The Morgan fingerprint density at radius 1 is 1.50 bits per heavy atom. The number of isocyanates is 1. The molecule has 1 atom stereocenters. The van der Waals surface area contributed by atoms with E-state index in [1.54, 1.807) is 6.92 Å². The summed E-state index contributed by atoms with van der Waals surface area (Å²) in [6, 6.07) is 2.01. The predicted octanol–water partition coefficient (Wildman–Crippen LogP) is 2.18. The van der Waals surface area contributed by atoms with E-state index in [0.29, 0.717) is 6.42 Å². The van der Waals surface area contributed by atoms with E-state index in [0.717, 1.165) is 19.3 Å². The van der Waals surface area contributed by atoms with Crippen LogP contribution >= 0.6 is 0 Å². The average Bonchev–Trinajstić information content (AvgIpc) is 2.06. The molecule has 0 spiro atoms. The van der Waals surface area contributed by atoms with Crippen molar-refractivity contribution in [2.24, 2.45) is 4.99 Å². The highest BCUT2D eigenvalue weighted by molar-refractivity contribution is 5.36. The lowest BCUT2D eigenvalue weighted by Gasteiger charge is -2.12. The van der Waals surface area contributed by atoms with Crippen molar-refractivity contribution < 1.29 is 4.79 Å². The van der Waals surface area contributed by atoms with Crippen molar-refractivity contribution in [3.05, 3.63) is 0 Å². The summed E-state index contributed by atoms with van der Waals surface area (Å²) >= 11 is 0. The number of carbonyl (C=O) groups excluding carboxylic acids is 1. The van der Waals surface area contributed by atoms with Gasteiger partial charge in [-0.15, -0.1) is 0 Å². The fourth-order valence-corrected chi connectivity index (χ4v) is 0.957. The molecule has 0 fully saturated rings. The summed E-state index contributed by atoms with van der Waals surface area (Å²) in [5.41, 5.74) is -0.850. The highest BCUT2D eigenvalue weighted by atomic mass is 16.1. The Hall–Kier alpha value is -1.13. The maximum absolute atomic E-state index is 9.97. The van der Waals surface area contributed by atoms with Crippen LogP contribution in [0.15, 0.2) is 4.99 Å². The van der Waals surface area contributed by atoms with E-state index < -0.39 is 5.54 Å². The summed E-state index contributed by atoms with van der Waals surface area (Å²) in [7, 11) is 0. The van der Waals surface area contributed by atoms with Crippen LogP contribution in [0.3, 0.4) is 0 Å². The number of rotatable bonds is 5. The van der Waals surface area contributed by atoms with Gasteiger partial charge >= 0.3 is 0 Å². The molecule has 0 amide bonds. The molecule has 12 heavy (non-hydrogen) atoms. The second-order valence-corrected chi connectivity index (χ2v) is 3.05. The number of hydrogen-bond donors (Lipinski definition) is 0. The Morgan fingerprint density at radius 3 is 2.58 bits per heavy atom. The quantitative estimate of drug-likeness (QED) is 0.357. The van der Waals surface area contributed by atoms with Crippen LogP contribution in [-0.2, 0) is 4.79 Å². The maximum Gasteiger partial charge on any atom is 0.236 e. The zero-order chi connectivity index (χ0) is 9.45. The number of nitriles is 1. The van der Waals surface area contributed by atoms with Crippen molar-refractivity contribution >= 4 is 6.08 Å². The van der Waals surface area contributed by atoms with Crippen LogP contribution in [0.4, 0.5) is 0 Å². The molecule has 3 nitrogen and oxygen atoms in total. The minimum absolute atomic E-state index is 0.645. The number of unbranched alkanes of at least 4 members (excludes halogenated alkanes) is 2. The molecule has 0 aliphatic rings. The van der Waals surface area contributed by atoms with E-state index in [9.17, 15) is 4.79 Å². The fourth-order valence-electron chi connectivity index (χ4n) is 0.957. The van der Waals surface area contributed by atoms with E-state index in [-0.39, 0.29) is 0 Å². The number of aliphatic imine (C=N–C) groups is 1. The fraction of sp³-hybridized carbons (Fsp3) is 0.778. The number of nitrogens with zero attached hydrogens (tertiary/aromatic N) is 2. The Kier molecular flexibility index (Phi) is 4.99. The molecule has 0 radical (unpaired) electrons. The summed E-state index contributed by atoms with van der Waals surface area (Å²) in [6.45, 7) is 3.75. The predicted molar refractivity (Wildman–Crippen MR) is 46.3 cm³/mol. The van der Waals surface area contributed by atoms with Gasteiger partial charge in [0.2, 0.25) is 6.08 Å². The van der Waals surface area contributed by atoms with Crippen LogP contribution in [0.1, 0.15) is 39.5 Å². The summed E-state index contributed by atoms with van der Waals surface area (Å²) in [5, 5.41) is 8.69. The first-order chi connectivity index (χ1) is 5.68. The lowest BCUT2D eigenvalue weighted by atomic mass is 9.97. The van der Waals surface area contributed by atoms with Crippen molar-refractivity contribution in [1.29, 1.82) is 5.26 Å². The summed E-state index contributed by atoms with van der Waals surface area (Å²) < 4.78 is 0. The summed E-state index contributed by atoms with van der Waals surface area (Å²) in [5.74, 6) is 0.